The van der Waals surface area contributed by atoms with Crippen LogP contribution in [0.5, 0.6) is 23.0 Å². The van der Waals surface area contributed by atoms with Gasteiger partial charge in [-0.2, -0.15) is 0 Å². The van der Waals surface area contributed by atoms with E-state index >= 15 is 0 Å². The molecular weight excluding hydrogens is 436 g/mol. The lowest BCUT2D eigenvalue weighted by Crippen LogP contribution is -2.03. The van der Waals surface area contributed by atoms with Crippen molar-refractivity contribution in [3.63, 3.8) is 0 Å². The summed E-state index contributed by atoms with van der Waals surface area (Å²) in [5.74, 6) is -1.87. The van der Waals surface area contributed by atoms with Crippen LogP contribution in [0.15, 0.2) is 84.9 Å². The Morgan fingerprint density at radius 1 is 0.588 bits per heavy atom. The number of rotatable bonds is 7. The second-order valence-electron chi connectivity index (χ2n) is 7.25. The number of para-hydroxylation sites is 4. The Labute approximate surface area is 194 Å². The monoisotopic (exact) mass is 456 g/mol. The molecule has 4 rings (SSSR count). The zero-order valence-corrected chi connectivity index (χ0v) is 17.8. The van der Waals surface area contributed by atoms with E-state index in [1.165, 1.54) is 24.3 Å². The van der Waals surface area contributed by atoms with Crippen LogP contribution in [0.3, 0.4) is 0 Å². The maximum Gasteiger partial charge on any atom is 0.339 e. The van der Waals surface area contributed by atoms with Gasteiger partial charge < -0.3 is 31.2 Å². The molecule has 4 aromatic carbocycles. The van der Waals surface area contributed by atoms with Gasteiger partial charge >= 0.3 is 11.9 Å². The molecule has 8 heteroatoms. The lowest BCUT2D eigenvalue weighted by molar-refractivity contribution is 0.0682. The summed E-state index contributed by atoms with van der Waals surface area (Å²) in [5.41, 5.74) is 13.8. The molecule has 0 saturated carbocycles. The topological polar surface area (TPSA) is 145 Å². The Morgan fingerprint density at radius 3 is 1.71 bits per heavy atom. The maximum atomic E-state index is 11.7. The van der Waals surface area contributed by atoms with E-state index in [9.17, 15) is 19.8 Å². The van der Waals surface area contributed by atoms with Gasteiger partial charge in [0, 0.05) is 11.1 Å². The first-order chi connectivity index (χ1) is 16.4. The van der Waals surface area contributed by atoms with Crippen molar-refractivity contribution < 1.29 is 29.3 Å². The lowest BCUT2D eigenvalue weighted by Gasteiger charge is -2.19. The van der Waals surface area contributed by atoms with Crippen LogP contribution in [0.25, 0.3) is 11.1 Å². The number of hydrogen-bond acceptors (Lipinski definition) is 6. The van der Waals surface area contributed by atoms with Crippen LogP contribution < -0.4 is 20.9 Å². The molecule has 0 aliphatic carbocycles. The number of benzene rings is 4. The molecule has 8 nitrogen and oxygen atoms in total. The molecule has 0 aromatic heterocycles. The minimum atomic E-state index is -1.17. The number of anilines is 2. The average molecular weight is 456 g/mol. The summed E-state index contributed by atoms with van der Waals surface area (Å²) in [5, 5.41) is 19.1. The predicted octanol–water partition coefficient (Wildman–Crippen LogP) is 5.50. The molecular formula is C26H20N2O6. The Bertz CT molecular complexity index is 1400. The van der Waals surface area contributed by atoms with Gasteiger partial charge in [-0.1, -0.05) is 48.5 Å². The number of carbonyl (C=O) groups is 2. The van der Waals surface area contributed by atoms with E-state index in [-0.39, 0.29) is 34.1 Å². The van der Waals surface area contributed by atoms with Crippen molar-refractivity contribution in [2.24, 2.45) is 0 Å². The highest BCUT2D eigenvalue weighted by molar-refractivity contribution is 5.93. The van der Waals surface area contributed by atoms with Crippen LogP contribution in [0.2, 0.25) is 0 Å². The molecule has 0 bridgehead atoms. The van der Waals surface area contributed by atoms with Crippen molar-refractivity contribution in [2.75, 3.05) is 11.5 Å². The van der Waals surface area contributed by atoms with Gasteiger partial charge in [-0.15, -0.1) is 0 Å². The third-order valence-electron chi connectivity index (χ3n) is 5.08. The van der Waals surface area contributed by atoms with Crippen molar-refractivity contribution in [3.05, 3.63) is 96.1 Å². The van der Waals surface area contributed by atoms with Crippen LogP contribution in [-0.4, -0.2) is 22.2 Å². The molecule has 0 amide bonds. The zero-order valence-electron chi connectivity index (χ0n) is 17.8. The van der Waals surface area contributed by atoms with Crippen LogP contribution >= 0.6 is 0 Å². The fourth-order valence-corrected chi connectivity index (χ4v) is 3.42. The molecule has 0 saturated heterocycles. The van der Waals surface area contributed by atoms with Gasteiger partial charge in [0.25, 0.3) is 0 Å². The zero-order chi connectivity index (χ0) is 24.2. The molecule has 0 spiro atoms. The third kappa shape index (κ3) is 4.33. The number of nitrogen functional groups attached to an aromatic ring is 2. The number of carboxylic acid groups (broad SMARTS) is 2. The highest BCUT2D eigenvalue weighted by atomic mass is 16.5. The summed E-state index contributed by atoms with van der Waals surface area (Å²) in [6.45, 7) is 0. The predicted molar refractivity (Wildman–Crippen MR) is 128 cm³/mol. The standard InChI is InChI=1S/C26H20N2O6/c27-19-11-5-9-15(23(19)28)16-10-6-14-22(33-20-12-3-1-7-17(20)25(29)30)24(16)34-21-13-4-2-8-18(21)26(31)32/h1-14H,27-28H2,(H,29,30)(H,31,32). The van der Waals surface area contributed by atoms with Crippen LogP contribution in [0.1, 0.15) is 20.7 Å². The second kappa shape index (κ2) is 9.25. The number of nitrogens with two attached hydrogens (primary N) is 2. The third-order valence-corrected chi connectivity index (χ3v) is 5.08. The van der Waals surface area contributed by atoms with E-state index in [1.54, 1.807) is 60.7 Å². The van der Waals surface area contributed by atoms with Gasteiger partial charge in [0.15, 0.2) is 11.5 Å². The summed E-state index contributed by atoms with van der Waals surface area (Å²) in [4.78, 5) is 23.4. The molecule has 0 atom stereocenters. The van der Waals surface area contributed by atoms with Gasteiger partial charge in [-0.3, -0.25) is 0 Å². The Hall–Kier alpha value is -4.98. The molecule has 0 aliphatic heterocycles. The number of hydrogen-bond donors (Lipinski definition) is 4. The number of carboxylic acids is 2. The summed E-state index contributed by atoms with van der Waals surface area (Å²) in [6, 6.07) is 22.4. The molecule has 0 fully saturated rings. The van der Waals surface area contributed by atoms with E-state index in [4.69, 9.17) is 20.9 Å². The quantitative estimate of drug-likeness (QED) is 0.267. The normalized spacial score (nSPS) is 10.5. The first-order valence-corrected chi connectivity index (χ1v) is 10.1. The molecule has 34 heavy (non-hydrogen) atoms. The molecule has 0 unspecified atom stereocenters. The highest BCUT2D eigenvalue weighted by Gasteiger charge is 2.21. The van der Waals surface area contributed by atoms with Crippen LogP contribution in [-0.2, 0) is 0 Å². The highest BCUT2D eigenvalue weighted by Crippen LogP contribution is 2.45. The van der Waals surface area contributed by atoms with E-state index in [0.717, 1.165) is 0 Å². The average Bonchev–Trinajstić information content (AvgIpc) is 2.82. The van der Waals surface area contributed by atoms with Crippen molar-refractivity contribution in [3.8, 4) is 34.1 Å². The minimum Gasteiger partial charge on any atom is -0.478 e. The van der Waals surface area contributed by atoms with Crippen LogP contribution in [0, 0.1) is 0 Å². The van der Waals surface area contributed by atoms with Crippen molar-refractivity contribution in [1.82, 2.24) is 0 Å². The fraction of sp³-hybridized carbons (Fsp3) is 0. The van der Waals surface area contributed by atoms with E-state index in [0.29, 0.717) is 22.5 Å². The van der Waals surface area contributed by atoms with Crippen molar-refractivity contribution >= 4 is 23.3 Å². The van der Waals surface area contributed by atoms with Gasteiger partial charge in [0.1, 0.15) is 22.6 Å². The second-order valence-corrected chi connectivity index (χ2v) is 7.25. The van der Waals surface area contributed by atoms with Crippen LogP contribution in [0.4, 0.5) is 11.4 Å². The Kier molecular flexibility index (Phi) is 6.05. The number of aromatic carboxylic acids is 2. The summed E-state index contributed by atoms with van der Waals surface area (Å²) in [7, 11) is 0. The van der Waals surface area contributed by atoms with Gasteiger partial charge in [-0.25, -0.2) is 9.59 Å². The molecule has 4 aromatic rings. The largest absolute Gasteiger partial charge is 0.478 e. The summed E-state index contributed by atoms with van der Waals surface area (Å²) in [6.07, 6.45) is 0. The molecule has 0 heterocycles. The summed E-state index contributed by atoms with van der Waals surface area (Å²) >= 11 is 0. The Morgan fingerprint density at radius 2 is 1.09 bits per heavy atom. The van der Waals surface area contributed by atoms with Crippen molar-refractivity contribution in [2.45, 2.75) is 0 Å². The maximum absolute atomic E-state index is 11.7. The molecule has 0 aliphatic rings. The molecule has 0 radical (unpaired) electrons. The van der Waals surface area contributed by atoms with E-state index < -0.39 is 11.9 Å². The minimum absolute atomic E-state index is 0.0479. The first-order valence-electron chi connectivity index (χ1n) is 10.1. The van der Waals surface area contributed by atoms with Gasteiger partial charge in [-0.05, 0) is 36.4 Å². The fourth-order valence-electron chi connectivity index (χ4n) is 3.42. The van der Waals surface area contributed by atoms with E-state index in [1.807, 2.05) is 0 Å². The molecule has 6 N–H and O–H groups in total. The smallest absolute Gasteiger partial charge is 0.339 e. The van der Waals surface area contributed by atoms with E-state index in [2.05, 4.69) is 0 Å². The van der Waals surface area contributed by atoms with Crippen molar-refractivity contribution in [1.29, 1.82) is 0 Å². The first kappa shape index (κ1) is 22.2. The number of ether oxygens (including phenoxy) is 2. The van der Waals surface area contributed by atoms with Gasteiger partial charge in [0.2, 0.25) is 0 Å². The molecule has 170 valence electrons. The summed E-state index contributed by atoms with van der Waals surface area (Å²) < 4.78 is 12.1. The Balaban J connectivity index is 1.92. The van der Waals surface area contributed by atoms with Gasteiger partial charge in [0.05, 0.1) is 11.4 Å². The SMILES string of the molecule is Nc1cccc(-c2cccc(Oc3ccccc3C(=O)O)c2Oc2ccccc2C(=O)O)c1N. The lowest BCUT2D eigenvalue weighted by atomic mass is 10.0.